The number of piperidine rings is 1. The Morgan fingerprint density at radius 1 is 1.22 bits per heavy atom. The van der Waals surface area contributed by atoms with Crippen LogP contribution in [0.5, 0.6) is 0 Å². The summed E-state index contributed by atoms with van der Waals surface area (Å²) >= 11 is 6.78. The second-order valence-electron chi connectivity index (χ2n) is 7.31. The van der Waals surface area contributed by atoms with E-state index < -0.39 is 5.91 Å². The number of benzene rings is 1. The zero-order chi connectivity index (χ0) is 22.9. The summed E-state index contributed by atoms with van der Waals surface area (Å²) in [5, 5.41) is 14.1. The standard InChI is InChI=1S/C21H26ClN5O4S/c1-2-31-12-4-10-23-17(28)14-5-3-11-27(13-14)21(30)20-26-25-19(32-20)18(29)24-16-8-6-15(22)7-9-16/h6-9,14H,2-5,10-13H2,1H3,(H,23,28)(H,24,29)/t14-/m1/s1. The molecule has 0 bridgehead atoms. The minimum Gasteiger partial charge on any atom is -0.382 e. The molecule has 9 nitrogen and oxygen atoms in total. The topological polar surface area (TPSA) is 114 Å². The summed E-state index contributed by atoms with van der Waals surface area (Å²) in [7, 11) is 0. The second-order valence-corrected chi connectivity index (χ2v) is 8.72. The molecule has 1 aliphatic rings. The quantitative estimate of drug-likeness (QED) is 0.534. The fraction of sp³-hybridized carbons (Fsp3) is 0.476. The van der Waals surface area contributed by atoms with Crippen molar-refractivity contribution in [1.29, 1.82) is 0 Å². The lowest BCUT2D eigenvalue weighted by Gasteiger charge is -2.31. The fourth-order valence-corrected chi connectivity index (χ4v) is 4.14. The van der Waals surface area contributed by atoms with Crippen LogP contribution < -0.4 is 10.6 Å². The third-order valence-corrected chi connectivity index (χ3v) is 6.11. The van der Waals surface area contributed by atoms with Crippen molar-refractivity contribution in [3.05, 3.63) is 39.3 Å². The maximum absolute atomic E-state index is 12.9. The van der Waals surface area contributed by atoms with Crippen LogP contribution in [0.4, 0.5) is 5.69 Å². The molecule has 1 aliphatic heterocycles. The number of aromatic nitrogens is 2. The molecule has 11 heteroatoms. The molecule has 1 aromatic heterocycles. The van der Waals surface area contributed by atoms with Crippen LogP contribution in [0.25, 0.3) is 0 Å². The van der Waals surface area contributed by atoms with Gasteiger partial charge in [0.25, 0.3) is 11.8 Å². The fourth-order valence-electron chi connectivity index (χ4n) is 3.30. The minimum atomic E-state index is -0.452. The molecular weight excluding hydrogens is 454 g/mol. The molecule has 2 aromatic rings. The molecule has 1 fully saturated rings. The van der Waals surface area contributed by atoms with E-state index >= 15 is 0 Å². The maximum Gasteiger partial charge on any atom is 0.286 e. The van der Waals surface area contributed by atoms with Gasteiger partial charge in [0, 0.05) is 43.6 Å². The Labute approximate surface area is 195 Å². The number of anilines is 1. The highest BCUT2D eigenvalue weighted by molar-refractivity contribution is 7.15. The summed E-state index contributed by atoms with van der Waals surface area (Å²) in [5.41, 5.74) is 0.564. The lowest BCUT2D eigenvalue weighted by Crippen LogP contribution is -2.45. The Kier molecular flexibility index (Phi) is 8.95. The molecule has 2 N–H and O–H groups in total. The van der Waals surface area contributed by atoms with Gasteiger partial charge in [-0.15, -0.1) is 10.2 Å². The van der Waals surface area contributed by atoms with E-state index in [1.54, 1.807) is 29.2 Å². The van der Waals surface area contributed by atoms with Gasteiger partial charge in [-0.1, -0.05) is 22.9 Å². The van der Waals surface area contributed by atoms with Gasteiger partial charge in [0.15, 0.2) is 0 Å². The average molecular weight is 480 g/mol. The SMILES string of the molecule is CCOCCCNC(=O)[C@@H]1CCCN(C(=O)c2nnc(C(=O)Nc3ccc(Cl)cc3)s2)C1. The number of nitrogens with one attached hydrogen (secondary N) is 2. The van der Waals surface area contributed by atoms with Gasteiger partial charge in [-0.05, 0) is 50.5 Å². The van der Waals surface area contributed by atoms with Crippen molar-refractivity contribution in [3.8, 4) is 0 Å². The van der Waals surface area contributed by atoms with E-state index in [9.17, 15) is 14.4 Å². The molecule has 1 aromatic carbocycles. The summed E-state index contributed by atoms with van der Waals surface area (Å²) in [6, 6.07) is 6.66. The first kappa shape index (κ1) is 24.1. The molecule has 0 spiro atoms. The van der Waals surface area contributed by atoms with Crippen LogP contribution in [0.2, 0.25) is 5.02 Å². The Morgan fingerprint density at radius 2 is 1.97 bits per heavy atom. The first-order valence-electron chi connectivity index (χ1n) is 10.5. The van der Waals surface area contributed by atoms with Crippen molar-refractivity contribution < 1.29 is 19.1 Å². The Morgan fingerprint density at radius 3 is 2.72 bits per heavy atom. The maximum atomic E-state index is 12.9. The third-order valence-electron chi connectivity index (χ3n) is 4.95. The highest BCUT2D eigenvalue weighted by atomic mass is 35.5. The Balaban J connectivity index is 1.53. The van der Waals surface area contributed by atoms with Crippen LogP contribution in [-0.2, 0) is 9.53 Å². The van der Waals surface area contributed by atoms with E-state index in [1.165, 1.54) is 0 Å². The monoisotopic (exact) mass is 479 g/mol. The van der Waals surface area contributed by atoms with Gasteiger partial charge in [-0.2, -0.15) is 0 Å². The van der Waals surface area contributed by atoms with Gasteiger partial charge in [0.1, 0.15) is 0 Å². The van der Waals surface area contributed by atoms with E-state index in [0.29, 0.717) is 43.6 Å². The Hall–Kier alpha value is -2.56. The molecule has 0 radical (unpaired) electrons. The molecule has 1 saturated heterocycles. The molecular formula is C21H26ClN5O4S. The molecule has 0 unspecified atom stereocenters. The highest BCUT2D eigenvalue weighted by Gasteiger charge is 2.30. The summed E-state index contributed by atoms with van der Waals surface area (Å²) in [4.78, 5) is 39.3. The zero-order valence-corrected chi connectivity index (χ0v) is 19.4. The van der Waals surface area contributed by atoms with Crippen molar-refractivity contribution in [2.75, 3.05) is 38.2 Å². The summed E-state index contributed by atoms with van der Waals surface area (Å²) < 4.78 is 5.27. The van der Waals surface area contributed by atoms with E-state index in [2.05, 4.69) is 20.8 Å². The smallest absolute Gasteiger partial charge is 0.286 e. The normalized spacial score (nSPS) is 15.9. The summed E-state index contributed by atoms with van der Waals surface area (Å²) in [6.45, 7) is 4.60. The first-order chi connectivity index (χ1) is 15.5. The predicted molar refractivity (Wildman–Crippen MR) is 122 cm³/mol. The number of hydrogen-bond acceptors (Lipinski definition) is 7. The van der Waals surface area contributed by atoms with Gasteiger partial charge in [-0.25, -0.2) is 0 Å². The molecule has 3 rings (SSSR count). The van der Waals surface area contributed by atoms with Crippen LogP contribution in [-0.4, -0.2) is 65.7 Å². The van der Waals surface area contributed by atoms with Crippen molar-refractivity contribution in [2.45, 2.75) is 26.2 Å². The van der Waals surface area contributed by atoms with Crippen molar-refractivity contribution in [2.24, 2.45) is 5.92 Å². The molecule has 2 heterocycles. The first-order valence-corrected chi connectivity index (χ1v) is 11.7. The number of halogens is 1. The highest BCUT2D eigenvalue weighted by Crippen LogP contribution is 2.21. The number of hydrogen-bond donors (Lipinski definition) is 2. The lowest BCUT2D eigenvalue weighted by molar-refractivity contribution is -0.126. The average Bonchev–Trinajstić information content (AvgIpc) is 3.30. The van der Waals surface area contributed by atoms with Crippen LogP contribution >= 0.6 is 22.9 Å². The number of rotatable bonds is 9. The predicted octanol–water partition coefficient (Wildman–Crippen LogP) is 2.84. The summed E-state index contributed by atoms with van der Waals surface area (Å²) in [5.74, 6) is -1.09. The van der Waals surface area contributed by atoms with Crippen LogP contribution in [0.15, 0.2) is 24.3 Å². The van der Waals surface area contributed by atoms with Gasteiger partial charge in [0.05, 0.1) is 5.92 Å². The Bertz CT molecular complexity index is 937. The minimum absolute atomic E-state index is 0.0562. The van der Waals surface area contributed by atoms with Gasteiger partial charge in [0.2, 0.25) is 15.9 Å². The van der Waals surface area contributed by atoms with Gasteiger partial charge >= 0.3 is 0 Å². The van der Waals surface area contributed by atoms with Crippen molar-refractivity contribution in [1.82, 2.24) is 20.4 Å². The number of ether oxygens (including phenoxy) is 1. The van der Waals surface area contributed by atoms with E-state index in [-0.39, 0.29) is 27.7 Å². The number of likely N-dealkylation sites (tertiary alicyclic amines) is 1. The second kappa shape index (κ2) is 11.9. The van der Waals surface area contributed by atoms with Gasteiger partial charge < -0.3 is 20.3 Å². The summed E-state index contributed by atoms with van der Waals surface area (Å²) in [6.07, 6.45) is 2.21. The van der Waals surface area contributed by atoms with Crippen LogP contribution in [0.3, 0.4) is 0 Å². The lowest BCUT2D eigenvalue weighted by atomic mass is 9.97. The van der Waals surface area contributed by atoms with Crippen LogP contribution in [0.1, 0.15) is 45.8 Å². The molecule has 0 saturated carbocycles. The number of carbonyl (C=O) groups is 3. The van der Waals surface area contributed by atoms with E-state index in [4.69, 9.17) is 16.3 Å². The largest absolute Gasteiger partial charge is 0.382 e. The molecule has 172 valence electrons. The van der Waals surface area contributed by atoms with Crippen molar-refractivity contribution >= 4 is 46.3 Å². The van der Waals surface area contributed by atoms with Crippen molar-refractivity contribution in [3.63, 3.8) is 0 Å². The molecule has 1 atom stereocenters. The molecule has 32 heavy (non-hydrogen) atoms. The van der Waals surface area contributed by atoms with E-state index in [0.717, 1.165) is 30.6 Å². The van der Waals surface area contributed by atoms with Crippen LogP contribution in [0, 0.1) is 5.92 Å². The van der Waals surface area contributed by atoms with E-state index in [1.807, 2.05) is 6.92 Å². The van der Waals surface area contributed by atoms with Gasteiger partial charge in [-0.3, -0.25) is 14.4 Å². The zero-order valence-electron chi connectivity index (χ0n) is 17.8. The molecule has 0 aliphatic carbocycles. The third kappa shape index (κ3) is 6.72. The number of carbonyl (C=O) groups excluding carboxylic acids is 3. The number of amides is 3. The number of nitrogens with zero attached hydrogens (tertiary/aromatic N) is 3. The molecule has 3 amide bonds.